The number of anilines is 1. The van der Waals surface area contributed by atoms with Gasteiger partial charge in [-0.15, -0.1) is 0 Å². The van der Waals surface area contributed by atoms with E-state index in [1.165, 1.54) is 18.2 Å². The number of carbonyl (C=O) groups is 1. The van der Waals surface area contributed by atoms with Crippen LogP contribution in [0.15, 0.2) is 54.6 Å². The van der Waals surface area contributed by atoms with Gasteiger partial charge in [0.05, 0.1) is 12.8 Å². The molecule has 2 N–H and O–H groups in total. The van der Waals surface area contributed by atoms with Crippen molar-refractivity contribution in [1.29, 1.82) is 0 Å². The van der Waals surface area contributed by atoms with E-state index < -0.39 is 11.7 Å². The van der Waals surface area contributed by atoms with Crippen LogP contribution in [0.5, 0.6) is 5.75 Å². The molecule has 0 aromatic heterocycles. The summed E-state index contributed by atoms with van der Waals surface area (Å²) in [6.07, 6.45) is 2.98. The summed E-state index contributed by atoms with van der Waals surface area (Å²) in [5.74, 6) is -0.116. The number of carbonyl (C=O) groups excluding carboxylic acids is 1. The summed E-state index contributed by atoms with van der Waals surface area (Å²) in [6, 6.07) is 13.3. The molecule has 0 bridgehead atoms. The lowest BCUT2D eigenvalue weighted by Crippen LogP contribution is -2.33. The highest BCUT2D eigenvalue weighted by atomic mass is 32.1. The average molecular weight is 330 g/mol. The largest absolute Gasteiger partial charge is 0.497 e. The van der Waals surface area contributed by atoms with Crippen molar-refractivity contribution in [2.45, 2.75) is 0 Å². The van der Waals surface area contributed by atoms with E-state index >= 15 is 0 Å². The van der Waals surface area contributed by atoms with E-state index in [4.69, 9.17) is 17.0 Å². The van der Waals surface area contributed by atoms with Crippen molar-refractivity contribution < 1.29 is 13.9 Å². The van der Waals surface area contributed by atoms with E-state index in [0.717, 1.165) is 11.3 Å². The number of para-hydroxylation sites is 1. The summed E-state index contributed by atoms with van der Waals surface area (Å²) in [5, 5.41) is 5.11. The molecule has 0 saturated carbocycles. The van der Waals surface area contributed by atoms with Gasteiger partial charge in [0.15, 0.2) is 5.11 Å². The van der Waals surface area contributed by atoms with E-state index in [2.05, 4.69) is 10.6 Å². The number of benzene rings is 2. The summed E-state index contributed by atoms with van der Waals surface area (Å²) in [4.78, 5) is 11.8. The first-order chi connectivity index (χ1) is 11.1. The minimum absolute atomic E-state index is 0.0273. The van der Waals surface area contributed by atoms with E-state index in [9.17, 15) is 9.18 Å². The van der Waals surface area contributed by atoms with Gasteiger partial charge >= 0.3 is 0 Å². The summed E-state index contributed by atoms with van der Waals surface area (Å²) < 4.78 is 18.5. The Labute approximate surface area is 139 Å². The molecule has 4 nitrogen and oxygen atoms in total. The second-order valence-electron chi connectivity index (χ2n) is 4.53. The third-order valence-corrected chi connectivity index (χ3v) is 3.11. The van der Waals surface area contributed by atoms with Gasteiger partial charge < -0.3 is 10.1 Å². The number of methoxy groups -OCH3 is 1. The van der Waals surface area contributed by atoms with E-state index in [-0.39, 0.29) is 10.8 Å². The van der Waals surface area contributed by atoms with Crippen LogP contribution in [-0.2, 0) is 4.79 Å². The van der Waals surface area contributed by atoms with E-state index in [1.807, 2.05) is 12.1 Å². The van der Waals surface area contributed by atoms with Gasteiger partial charge in [-0.3, -0.25) is 10.1 Å². The highest BCUT2D eigenvalue weighted by Gasteiger charge is 2.04. The number of nitrogens with one attached hydrogen (secondary N) is 2. The van der Waals surface area contributed by atoms with Crippen molar-refractivity contribution in [3.63, 3.8) is 0 Å². The number of halogens is 1. The second-order valence-corrected chi connectivity index (χ2v) is 4.94. The molecule has 1 amide bonds. The first-order valence-electron chi connectivity index (χ1n) is 6.77. The Morgan fingerprint density at radius 3 is 2.52 bits per heavy atom. The Balaban J connectivity index is 1.89. The molecule has 2 aromatic carbocycles. The first kappa shape index (κ1) is 16.6. The van der Waals surface area contributed by atoms with Gasteiger partial charge in [-0.2, -0.15) is 0 Å². The molecule has 0 aliphatic carbocycles. The zero-order valence-corrected chi connectivity index (χ0v) is 13.2. The van der Waals surface area contributed by atoms with Crippen molar-refractivity contribution in [3.05, 3.63) is 66.0 Å². The normalized spacial score (nSPS) is 10.3. The summed E-state index contributed by atoms with van der Waals surface area (Å²) in [6.45, 7) is 0. The Bertz CT molecular complexity index is 730. The molecule has 0 heterocycles. The highest BCUT2D eigenvalue weighted by molar-refractivity contribution is 7.80. The zero-order chi connectivity index (χ0) is 16.7. The van der Waals surface area contributed by atoms with Gasteiger partial charge in [-0.1, -0.05) is 24.3 Å². The Morgan fingerprint density at radius 1 is 1.17 bits per heavy atom. The monoisotopic (exact) mass is 330 g/mol. The third kappa shape index (κ3) is 5.19. The fourth-order valence-corrected chi connectivity index (χ4v) is 1.97. The maximum atomic E-state index is 13.5. The smallest absolute Gasteiger partial charge is 0.250 e. The molecule has 0 saturated heterocycles. The molecule has 0 unspecified atom stereocenters. The van der Waals surface area contributed by atoms with Gasteiger partial charge in [0.25, 0.3) is 0 Å². The SMILES string of the molecule is COc1ccc(C=CC(=O)NC(=S)Nc2ccccc2F)cc1. The minimum atomic E-state index is -0.446. The van der Waals surface area contributed by atoms with Crippen molar-refractivity contribution in [2.24, 2.45) is 0 Å². The topological polar surface area (TPSA) is 50.4 Å². The molecule has 0 atom stereocenters. The summed E-state index contributed by atoms with van der Waals surface area (Å²) in [5.41, 5.74) is 1.05. The Morgan fingerprint density at radius 2 is 1.87 bits per heavy atom. The number of hydrogen-bond acceptors (Lipinski definition) is 3. The molecular formula is C17H15FN2O2S. The predicted octanol–water partition coefficient (Wildman–Crippen LogP) is 3.36. The van der Waals surface area contributed by atoms with Crippen LogP contribution < -0.4 is 15.4 Å². The molecule has 0 fully saturated rings. The Kier molecular flexibility index (Phi) is 5.82. The van der Waals surface area contributed by atoms with Crippen LogP contribution in [0.25, 0.3) is 6.08 Å². The maximum Gasteiger partial charge on any atom is 0.250 e. The molecule has 0 radical (unpaired) electrons. The van der Waals surface area contributed by atoms with Crippen molar-refractivity contribution >= 4 is 35.0 Å². The highest BCUT2D eigenvalue weighted by Crippen LogP contribution is 2.13. The molecule has 23 heavy (non-hydrogen) atoms. The van der Waals surface area contributed by atoms with E-state index in [1.54, 1.807) is 37.5 Å². The summed E-state index contributed by atoms with van der Waals surface area (Å²) >= 11 is 4.98. The molecule has 0 aliphatic rings. The standard InChI is InChI=1S/C17H15FN2O2S/c1-22-13-9-6-12(7-10-13)8-11-16(21)20-17(23)19-15-5-3-2-4-14(15)18/h2-11H,1H3,(H2,19,20,21,23). The summed E-state index contributed by atoms with van der Waals surface area (Å²) in [7, 11) is 1.59. The van der Waals surface area contributed by atoms with E-state index in [0.29, 0.717) is 0 Å². The Hall–Kier alpha value is -2.73. The number of amides is 1. The molecule has 6 heteroatoms. The lowest BCUT2D eigenvalue weighted by molar-refractivity contribution is -0.115. The van der Waals surface area contributed by atoms with Gasteiger partial charge in [-0.05, 0) is 48.1 Å². The molecule has 118 valence electrons. The van der Waals surface area contributed by atoms with Crippen LogP contribution >= 0.6 is 12.2 Å². The van der Waals surface area contributed by atoms with Crippen molar-refractivity contribution in [3.8, 4) is 5.75 Å². The van der Waals surface area contributed by atoms with Crippen molar-refractivity contribution in [2.75, 3.05) is 12.4 Å². The first-order valence-corrected chi connectivity index (χ1v) is 7.18. The predicted molar refractivity (Wildman–Crippen MR) is 92.8 cm³/mol. The molecule has 2 rings (SSSR count). The number of hydrogen-bond donors (Lipinski definition) is 2. The zero-order valence-electron chi connectivity index (χ0n) is 12.4. The van der Waals surface area contributed by atoms with Crippen molar-refractivity contribution in [1.82, 2.24) is 5.32 Å². The number of ether oxygens (including phenoxy) is 1. The molecule has 2 aromatic rings. The van der Waals surface area contributed by atoms with Gasteiger partial charge in [0.1, 0.15) is 11.6 Å². The average Bonchev–Trinajstić information content (AvgIpc) is 2.55. The quantitative estimate of drug-likeness (QED) is 0.667. The van der Waals surface area contributed by atoms with Crippen LogP contribution in [0.4, 0.5) is 10.1 Å². The lowest BCUT2D eigenvalue weighted by atomic mass is 10.2. The maximum absolute atomic E-state index is 13.5. The minimum Gasteiger partial charge on any atom is -0.497 e. The van der Waals surface area contributed by atoms with Gasteiger partial charge in [0.2, 0.25) is 5.91 Å². The number of rotatable bonds is 4. The van der Waals surface area contributed by atoms with Crippen LogP contribution in [-0.4, -0.2) is 18.1 Å². The molecule has 0 aliphatic heterocycles. The lowest BCUT2D eigenvalue weighted by Gasteiger charge is -2.08. The van der Waals surface area contributed by atoms with Crippen LogP contribution in [0.1, 0.15) is 5.56 Å². The third-order valence-electron chi connectivity index (χ3n) is 2.90. The van der Waals surface area contributed by atoms with Gasteiger partial charge in [-0.25, -0.2) is 4.39 Å². The fourth-order valence-electron chi connectivity index (χ4n) is 1.76. The van der Waals surface area contributed by atoms with Crippen LogP contribution in [0.2, 0.25) is 0 Å². The fraction of sp³-hybridized carbons (Fsp3) is 0.0588. The number of thiocarbonyl (C=S) groups is 1. The molecule has 0 spiro atoms. The second kappa shape index (κ2) is 8.05. The van der Waals surface area contributed by atoms with Crippen LogP contribution in [0, 0.1) is 5.82 Å². The van der Waals surface area contributed by atoms with Gasteiger partial charge in [0, 0.05) is 6.08 Å². The van der Waals surface area contributed by atoms with Crippen LogP contribution in [0.3, 0.4) is 0 Å². The molecular weight excluding hydrogens is 315 g/mol.